The molecule has 484 valence electrons. The van der Waals surface area contributed by atoms with E-state index in [4.69, 9.17) is 0 Å². The maximum Gasteiger partial charge on any atom is 0.416 e. The highest BCUT2D eigenvalue weighted by Gasteiger charge is 2.47. The van der Waals surface area contributed by atoms with E-state index in [9.17, 15) is 105 Å². The average molecular weight is 1290 g/mol. The molecule has 6 rings (SSSR count). The number of halogens is 24. The first-order chi connectivity index (χ1) is 40.6. The first-order valence-electron chi connectivity index (χ1n) is 28.0. The van der Waals surface area contributed by atoms with Gasteiger partial charge in [-0.2, -0.15) is 127 Å². The van der Waals surface area contributed by atoms with Crippen molar-refractivity contribution < 1.29 is 110 Å². The van der Waals surface area contributed by atoms with Gasteiger partial charge in [0.05, 0.1) is 44.5 Å². The Morgan fingerprint density at radius 3 is 0.716 bits per heavy atom. The van der Waals surface area contributed by atoms with Crippen molar-refractivity contribution in [2.24, 2.45) is 0 Å². The third kappa shape index (κ3) is 20.9. The number of alkyl halides is 24. The van der Waals surface area contributed by atoms with Crippen molar-refractivity contribution in [1.29, 1.82) is 0 Å². The van der Waals surface area contributed by atoms with Gasteiger partial charge in [0.15, 0.2) is 18.9 Å². The molecule has 0 aliphatic heterocycles. The van der Waals surface area contributed by atoms with Gasteiger partial charge in [0.25, 0.3) is 0 Å². The van der Waals surface area contributed by atoms with Crippen molar-refractivity contribution in [3.05, 3.63) is 183 Å². The summed E-state index contributed by atoms with van der Waals surface area (Å²) in [4.78, 5) is 0. The molecule has 0 bridgehead atoms. The normalized spacial score (nSPS) is 13.2. The Labute approximate surface area is 492 Å². The molecule has 0 radical (unpaired) electrons. The molecule has 0 N–H and O–H groups in total. The van der Waals surface area contributed by atoms with Crippen LogP contribution in [-0.2, 0) is 62.4 Å². The van der Waals surface area contributed by atoms with Crippen LogP contribution in [0, 0.1) is 0 Å². The third-order valence-electron chi connectivity index (χ3n) is 14.9. The van der Waals surface area contributed by atoms with Gasteiger partial charge in [-0.05, 0) is 42.7 Å². The van der Waals surface area contributed by atoms with Crippen LogP contribution in [0.3, 0.4) is 0 Å². The Kier molecular flexibility index (Phi) is 24.3. The Morgan fingerprint density at radius 2 is 0.489 bits per heavy atom. The summed E-state index contributed by atoms with van der Waals surface area (Å²) in [6, 6.07) is 6.67. The van der Waals surface area contributed by atoms with Crippen LogP contribution in [0.15, 0.2) is 128 Å². The van der Waals surface area contributed by atoms with Gasteiger partial charge in [-0.15, -0.1) is 0 Å². The Bertz CT molecular complexity index is 2710. The Morgan fingerprint density at radius 1 is 0.273 bits per heavy atom. The van der Waals surface area contributed by atoms with Crippen LogP contribution in [0.4, 0.5) is 105 Å². The molecule has 1 nitrogen and oxygen atoms in total. The molecule has 1 aromatic heterocycles. The number of aromatic nitrogens is 1. The molecule has 0 aliphatic carbocycles. The molecule has 88 heavy (non-hydrogen) atoms. The van der Waals surface area contributed by atoms with Gasteiger partial charge in [0, 0.05) is 17.7 Å². The van der Waals surface area contributed by atoms with Gasteiger partial charge < -0.3 is 0 Å². The molecule has 0 fully saturated rings. The monoisotopic (exact) mass is 1290 g/mol. The van der Waals surface area contributed by atoms with Crippen LogP contribution in [-0.4, -0.2) is 6.15 Å². The fraction of sp³-hybridized carbons (Fsp3) is 0.435. The average Bonchev–Trinajstić information content (AvgIpc) is 0.915. The van der Waals surface area contributed by atoms with Gasteiger partial charge in [0.1, 0.15) is 6.15 Å². The van der Waals surface area contributed by atoms with Crippen molar-refractivity contribution in [3.63, 3.8) is 0 Å². The highest BCUT2D eigenvalue weighted by molar-refractivity contribution is 7.20. The molecule has 0 amide bonds. The number of unbranched alkanes of at least 4 members (excludes halogenated alkanes) is 15. The van der Waals surface area contributed by atoms with Crippen molar-refractivity contribution in [2.45, 2.75) is 172 Å². The lowest BCUT2D eigenvalue weighted by atomic mass is 9.12. The number of nitrogens with zero attached hydrogens (tertiary/aromatic N) is 1. The van der Waals surface area contributed by atoms with E-state index in [1.165, 1.54) is 120 Å². The lowest BCUT2D eigenvalue weighted by molar-refractivity contribution is -0.688. The SMILES string of the molecule is CCCCCCCCCCCCCCCCCCc1ccc(C[n+]2ccccc2)cc1.FC(F)(F)c1cc([B-](c2cc(C(F)(F)F)cc(C(F)(F)F)c2)(c2cc(C(F)(F)F)cc(C(F)(F)F)c2)c2cc(C(F)(F)F)cc(C(F)(F)F)c2)cc(C(F)(F)F)c1. The van der Waals surface area contributed by atoms with Crippen molar-refractivity contribution in [2.75, 3.05) is 0 Å². The first-order valence-corrected chi connectivity index (χ1v) is 28.0. The van der Waals surface area contributed by atoms with Gasteiger partial charge in [-0.3, -0.25) is 0 Å². The summed E-state index contributed by atoms with van der Waals surface area (Å²) in [6.07, 6.45) is -26.3. The zero-order chi connectivity index (χ0) is 65.7. The van der Waals surface area contributed by atoms with Crippen LogP contribution in [0.25, 0.3) is 0 Å². The maximum absolute atomic E-state index is 14.2. The fourth-order valence-electron chi connectivity index (χ4n) is 10.5. The van der Waals surface area contributed by atoms with Crippen LogP contribution >= 0.6 is 0 Å². The van der Waals surface area contributed by atoms with E-state index in [-0.39, 0.29) is 0 Å². The predicted octanol–water partition coefficient (Wildman–Crippen LogP) is 20.0. The summed E-state index contributed by atoms with van der Waals surface area (Å²) < 4.78 is 343. The van der Waals surface area contributed by atoms with Gasteiger partial charge in [-0.25, -0.2) is 4.57 Å². The van der Waals surface area contributed by atoms with E-state index in [1.807, 2.05) is 0 Å². The van der Waals surface area contributed by atoms with E-state index in [2.05, 4.69) is 66.3 Å². The van der Waals surface area contributed by atoms with Crippen LogP contribution in [0.1, 0.15) is 165 Å². The quantitative estimate of drug-likeness (QED) is 0.0261. The summed E-state index contributed by atoms with van der Waals surface area (Å²) in [5, 5.41) is 0. The largest absolute Gasteiger partial charge is 0.416 e. The fourth-order valence-corrected chi connectivity index (χ4v) is 10.5. The van der Waals surface area contributed by atoms with E-state index in [1.54, 1.807) is 0 Å². The predicted molar refractivity (Wildman–Crippen MR) is 286 cm³/mol. The molecule has 6 aromatic rings. The maximum atomic E-state index is 14.2. The highest BCUT2D eigenvalue weighted by Crippen LogP contribution is 2.42. The van der Waals surface area contributed by atoms with E-state index in [0.29, 0.717) is 0 Å². The molecular weight excluding hydrogens is 1230 g/mol. The summed E-state index contributed by atoms with van der Waals surface area (Å²) >= 11 is 0. The molecule has 0 saturated heterocycles. The lowest BCUT2D eigenvalue weighted by Gasteiger charge is -2.46. The molecule has 0 unspecified atom stereocenters. The second-order valence-corrected chi connectivity index (χ2v) is 21.6. The smallest absolute Gasteiger partial charge is 0.201 e. The molecule has 1 heterocycles. The second-order valence-electron chi connectivity index (χ2n) is 21.6. The summed E-state index contributed by atoms with van der Waals surface area (Å²) in [6.45, 7) is 3.26. The summed E-state index contributed by atoms with van der Waals surface area (Å²) in [5.41, 5.74) is -27.3. The number of pyridine rings is 1. The van der Waals surface area contributed by atoms with Gasteiger partial charge in [0.2, 0.25) is 0 Å². The minimum atomic E-state index is -6.13. The number of rotatable bonds is 23. The van der Waals surface area contributed by atoms with Crippen molar-refractivity contribution >= 4 is 28.0 Å². The van der Waals surface area contributed by atoms with Crippen LogP contribution in [0.2, 0.25) is 0 Å². The van der Waals surface area contributed by atoms with Gasteiger partial charge >= 0.3 is 49.4 Å². The molecular formula is C62H60BF24N. The number of benzene rings is 5. The number of aryl methyl sites for hydroxylation is 1. The van der Waals surface area contributed by atoms with E-state index in [0.717, 1.165) is 6.54 Å². The molecule has 0 aliphatic rings. The minimum absolute atomic E-state index is 0.691. The summed E-state index contributed by atoms with van der Waals surface area (Å²) in [5.74, 6) is 0. The second kappa shape index (κ2) is 29.5. The number of hydrogen-bond acceptors (Lipinski definition) is 0. The molecule has 0 saturated carbocycles. The third-order valence-corrected chi connectivity index (χ3v) is 14.9. The first kappa shape index (κ1) is 72.4. The zero-order valence-corrected chi connectivity index (χ0v) is 46.9. The molecule has 0 atom stereocenters. The topological polar surface area (TPSA) is 3.88 Å². The Hall–Kier alpha value is -6.37. The summed E-state index contributed by atoms with van der Waals surface area (Å²) in [7, 11) is 0. The van der Waals surface area contributed by atoms with Crippen LogP contribution in [0.5, 0.6) is 0 Å². The minimum Gasteiger partial charge on any atom is -0.201 e. The molecule has 5 aromatic carbocycles. The van der Waals surface area contributed by atoms with E-state index >= 15 is 0 Å². The lowest BCUT2D eigenvalue weighted by Crippen LogP contribution is -2.75. The van der Waals surface area contributed by atoms with Crippen molar-refractivity contribution in [1.82, 2.24) is 0 Å². The number of hydrogen-bond donors (Lipinski definition) is 0. The molecule has 26 heteroatoms. The van der Waals surface area contributed by atoms with E-state index < -0.39 is 195 Å². The van der Waals surface area contributed by atoms with Crippen molar-refractivity contribution in [3.8, 4) is 0 Å². The Balaban J connectivity index is 0.000000383. The highest BCUT2D eigenvalue weighted by atomic mass is 19.4. The molecule has 0 spiro atoms. The zero-order valence-electron chi connectivity index (χ0n) is 46.9. The standard InChI is InChI=1S/C32H12BF24.C30H48N/c34-25(35,36)13-1-14(26(37,38)39)6-21(5-13)33(22-7-15(27(40,41)42)2-16(8-22)28(43,44)45,23-9-17(29(46,47)48)3-18(10-23)30(49,50)51)24-11-19(31(52,53)54)4-20(12-24)32(55,56)57;1-2-3-4-5-6-7-8-9-10-11-12-13-14-15-16-18-21-29-22-24-30(25-23-29)28-31-26-19-17-20-27-31/h1-12H;17,19-20,22-27H,2-16,18,21,28H2,1H3/q-1;+1. The van der Waals surface area contributed by atoms with Crippen LogP contribution < -0.4 is 26.4 Å². The van der Waals surface area contributed by atoms with Gasteiger partial charge in [-0.1, -0.05) is 182 Å².